The molecular formula is C20H34IN5O. The normalized spacial score (nSPS) is 24.5. The van der Waals surface area contributed by atoms with E-state index in [4.69, 9.17) is 4.74 Å². The van der Waals surface area contributed by atoms with E-state index in [0.29, 0.717) is 12.6 Å². The molecule has 0 spiro atoms. The van der Waals surface area contributed by atoms with Gasteiger partial charge in [-0.3, -0.25) is 14.8 Å². The van der Waals surface area contributed by atoms with Crippen LogP contribution < -0.4 is 15.4 Å². The number of nitrogens with one attached hydrogen (secondary N) is 2. The third-order valence-electron chi connectivity index (χ3n) is 5.15. The monoisotopic (exact) mass is 487 g/mol. The van der Waals surface area contributed by atoms with Gasteiger partial charge in [-0.1, -0.05) is 12.1 Å². The van der Waals surface area contributed by atoms with Gasteiger partial charge in [0.25, 0.3) is 0 Å². The molecule has 3 saturated heterocycles. The maximum atomic E-state index is 5.97. The number of guanidine groups is 1. The third kappa shape index (κ3) is 6.22. The number of nitrogens with zero attached hydrogens (tertiary/aromatic N) is 3. The quantitative estimate of drug-likeness (QED) is 0.366. The Morgan fingerprint density at radius 2 is 1.96 bits per heavy atom. The Balaban J connectivity index is 0.00000261. The molecule has 1 atom stereocenters. The van der Waals surface area contributed by atoms with Crippen molar-refractivity contribution in [3.63, 3.8) is 0 Å². The molecule has 7 heteroatoms. The van der Waals surface area contributed by atoms with Crippen molar-refractivity contribution in [1.82, 2.24) is 20.4 Å². The summed E-state index contributed by atoms with van der Waals surface area (Å²) in [6.07, 6.45) is 0.166. The van der Waals surface area contributed by atoms with E-state index in [1.807, 2.05) is 7.05 Å². The number of rotatable bonds is 6. The Labute approximate surface area is 180 Å². The zero-order valence-corrected chi connectivity index (χ0v) is 19.3. The van der Waals surface area contributed by atoms with Crippen LogP contribution in [0.3, 0.4) is 0 Å². The molecule has 3 heterocycles. The van der Waals surface area contributed by atoms with Crippen LogP contribution >= 0.6 is 24.0 Å². The summed E-state index contributed by atoms with van der Waals surface area (Å²) in [4.78, 5) is 9.53. The summed E-state index contributed by atoms with van der Waals surface area (Å²) >= 11 is 0. The summed E-state index contributed by atoms with van der Waals surface area (Å²) in [6.45, 7) is 13.8. The Morgan fingerprint density at radius 1 is 1.22 bits per heavy atom. The summed E-state index contributed by atoms with van der Waals surface area (Å²) in [5.74, 6) is 1.80. The summed E-state index contributed by atoms with van der Waals surface area (Å²) in [5.41, 5.74) is 2.36. The largest absolute Gasteiger partial charge is 0.491 e. The molecule has 6 nitrogen and oxygen atoms in total. The van der Waals surface area contributed by atoms with Gasteiger partial charge >= 0.3 is 0 Å². The van der Waals surface area contributed by atoms with Crippen molar-refractivity contribution in [3.8, 4) is 5.75 Å². The predicted molar refractivity (Wildman–Crippen MR) is 122 cm³/mol. The van der Waals surface area contributed by atoms with Gasteiger partial charge in [0, 0.05) is 64.5 Å². The van der Waals surface area contributed by atoms with Crippen molar-refractivity contribution in [2.75, 3.05) is 46.3 Å². The standard InChI is InChI=1S/C20H33N5O.HI/c1-15(2)26-19-11-16(3)5-6-17(19)12-22-20(21-4)23-13-18-14-24-7-9-25(18)10-8-24;/h5-6,11,15,18H,7-10,12-14H2,1-4H3,(H2,21,22,23);1H. The molecule has 0 aromatic heterocycles. The lowest BCUT2D eigenvalue weighted by Gasteiger charge is -2.47. The van der Waals surface area contributed by atoms with Crippen molar-refractivity contribution >= 4 is 29.9 Å². The first-order chi connectivity index (χ1) is 12.5. The van der Waals surface area contributed by atoms with E-state index in [1.54, 1.807) is 0 Å². The number of fused-ring (bicyclic) bond motifs is 3. The molecule has 27 heavy (non-hydrogen) atoms. The number of ether oxygens (including phenoxy) is 1. The SMILES string of the molecule is CN=C(NCc1ccc(C)cc1OC(C)C)NCC1CN2CCN1CC2.I. The van der Waals surface area contributed by atoms with Gasteiger partial charge in [0.2, 0.25) is 0 Å². The second kappa shape index (κ2) is 10.5. The Morgan fingerprint density at radius 3 is 2.56 bits per heavy atom. The van der Waals surface area contributed by atoms with Gasteiger partial charge in [-0.15, -0.1) is 24.0 Å². The molecule has 3 aliphatic rings. The van der Waals surface area contributed by atoms with Crippen LogP contribution in [0.1, 0.15) is 25.0 Å². The van der Waals surface area contributed by atoms with Crippen LogP contribution in [-0.2, 0) is 6.54 Å². The van der Waals surface area contributed by atoms with Crippen LogP contribution in [0.5, 0.6) is 5.75 Å². The van der Waals surface area contributed by atoms with Crippen molar-refractivity contribution < 1.29 is 4.74 Å². The first-order valence-electron chi connectivity index (χ1n) is 9.72. The number of benzene rings is 1. The minimum absolute atomic E-state index is 0. The Hall–Kier alpha value is -1.06. The van der Waals surface area contributed by atoms with E-state index < -0.39 is 0 Å². The summed E-state index contributed by atoms with van der Waals surface area (Å²) in [7, 11) is 1.83. The van der Waals surface area contributed by atoms with Gasteiger partial charge in [0.15, 0.2) is 5.96 Å². The molecule has 2 bridgehead atoms. The van der Waals surface area contributed by atoms with Gasteiger partial charge in [0.1, 0.15) is 5.75 Å². The predicted octanol–water partition coefficient (Wildman–Crippen LogP) is 2.07. The number of aryl methyl sites for hydroxylation is 1. The first-order valence-corrected chi connectivity index (χ1v) is 9.72. The highest BCUT2D eigenvalue weighted by Crippen LogP contribution is 2.21. The minimum atomic E-state index is 0. The molecule has 152 valence electrons. The maximum absolute atomic E-state index is 5.97. The van der Waals surface area contributed by atoms with Crippen molar-refractivity contribution in [3.05, 3.63) is 29.3 Å². The lowest BCUT2D eigenvalue weighted by atomic mass is 10.1. The average Bonchev–Trinajstić information content (AvgIpc) is 2.64. The zero-order valence-electron chi connectivity index (χ0n) is 17.0. The average molecular weight is 487 g/mol. The molecule has 1 unspecified atom stereocenters. The smallest absolute Gasteiger partial charge is 0.191 e. The highest BCUT2D eigenvalue weighted by Gasteiger charge is 2.31. The van der Waals surface area contributed by atoms with Crippen molar-refractivity contribution in [2.45, 2.75) is 39.5 Å². The number of aliphatic imine (C=N–C) groups is 1. The topological polar surface area (TPSA) is 52.1 Å². The Bertz CT molecular complexity index is 629. The molecule has 0 amide bonds. The zero-order chi connectivity index (χ0) is 18.5. The fourth-order valence-electron chi connectivity index (χ4n) is 3.70. The van der Waals surface area contributed by atoms with E-state index in [2.05, 4.69) is 64.4 Å². The summed E-state index contributed by atoms with van der Waals surface area (Å²) in [5, 5.41) is 6.92. The molecule has 4 rings (SSSR count). The van der Waals surface area contributed by atoms with E-state index >= 15 is 0 Å². The second-order valence-corrected chi connectivity index (χ2v) is 7.57. The van der Waals surface area contributed by atoms with Crippen LogP contribution in [0, 0.1) is 6.92 Å². The van der Waals surface area contributed by atoms with Gasteiger partial charge in [-0.05, 0) is 32.4 Å². The first kappa shape index (κ1) is 22.2. The molecule has 1 aromatic rings. The molecule has 1 aromatic carbocycles. The van der Waals surface area contributed by atoms with Crippen LogP contribution in [-0.4, -0.2) is 74.2 Å². The van der Waals surface area contributed by atoms with Gasteiger partial charge in [-0.25, -0.2) is 0 Å². The maximum Gasteiger partial charge on any atom is 0.191 e. The lowest BCUT2D eigenvalue weighted by Crippen LogP contribution is -2.63. The molecule has 0 aliphatic carbocycles. The number of hydrogen-bond acceptors (Lipinski definition) is 4. The van der Waals surface area contributed by atoms with E-state index in [9.17, 15) is 0 Å². The van der Waals surface area contributed by atoms with Crippen molar-refractivity contribution in [2.24, 2.45) is 4.99 Å². The van der Waals surface area contributed by atoms with E-state index in [1.165, 1.54) is 31.7 Å². The third-order valence-corrected chi connectivity index (χ3v) is 5.15. The Kier molecular flexibility index (Phi) is 8.62. The van der Waals surface area contributed by atoms with Gasteiger partial charge in [0.05, 0.1) is 6.10 Å². The van der Waals surface area contributed by atoms with Crippen LogP contribution in [0.2, 0.25) is 0 Å². The number of hydrogen-bond donors (Lipinski definition) is 2. The fraction of sp³-hybridized carbons (Fsp3) is 0.650. The second-order valence-electron chi connectivity index (χ2n) is 7.57. The molecule has 2 N–H and O–H groups in total. The van der Waals surface area contributed by atoms with Crippen LogP contribution in [0.15, 0.2) is 23.2 Å². The van der Waals surface area contributed by atoms with E-state index in [-0.39, 0.29) is 30.1 Å². The molecular weight excluding hydrogens is 453 g/mol. The molecule has 0 radical (unpaired) electrons. The molecule has 0 saturated carbocycles. The van der Waals surface area contributed by atoms with Crippen molar-refractivity contribution in [1.29, 1.82) is 0 Å². The van der Waals surface area contributed by atoms with E-state index in [0.717, 1.165) is 30.4 Å². The van der Waals surface area contributed by atoms with Gasteiger partial charge < -0.3 is 15.4 Å². The number of piperazine rings is 3. The summed E-state index contributed by atoms with van der Waals surface area (Å²) < 4.78 is 5.97. The lowest BCUT2D eigenvalue weighted by molar-refractivity contribution is 0.0154. The highest BCUT2D eigenvalue weighted by atomic mass is 127. The van der Waals surface area contributed by atoms with Gasteiger partial charge in [-0.2, -0.15) is 0 Å². The summed E-state index contributed by atoms with van der Waals surface area (Å²) in [6, 6.07) is 6.94. The molecule has 3 aliphatic heterocycles. The minimum Gasteiger partial charge on any atom is -0.491 e. The fourth-order valence-corrected chi connectivity index (χ4v) is 3.70. The highest BCUT2D eigenvalue weighted by molar-refractivity contribution is 14.0. The van der Waals surface area contributed by atoms with Crippen LogP contribution in [0.25, 0.3) is 0 Å². The van der Waals surface area contributed by atoms with Crippen LogP contribution in [0.4, 0.5) is 0 Å². The number of halogens is 1. The molecule has 3 fully saturated rings.